The topological polar surface area (TPSA) is 78.4 Å². The van der Waals surface area contributed by atoms with Gasteiger partial charge in [0.15, 0.2) is 0 Å². The van der Waals surface area contributed by atoms with Crippen molar-refractivity contribution in [3.63, 3.8) is 0 Å². The third kappa shape index (κ3) is 2.66. The summed E-state index contributed by atoms with van der Waals surface area (Å²) < 4.78 is 0. The quantitative estimate of drug-likeness (QED) is 0.824. The zero-order valence-electron chi connectivity index (χ0n) is 11.4. The number of hydrogen-bond donors (Lipinski definition) is 2. The molecule has 0 radical (unpaired) electrons. The third-order valence-electron chi connectivity index (χ3n) is 4.33. The molecular formula is C14H20N4O2. The van der Waals surface area contributed by atoms with Gasteiger partial charge in [-0.25, -0.2) is 9.97 Å². The van der Waals surface area contributed by atoms with Crippen molar-refractivity contribution in [3.8, 4) is 0 Å². The van der Waals surface area contributed by atoms with Crippen LogP contribution in [0.15, 0.2) is 18.7 Å². The third-order valence-corrected chi connectivity index (χ3v) is 4.33. The van der Waals surface area contributed by atoms with Crippen molar-refractivity contribution in [2.45, 2.75) is 43.9 Å². The van der Waals surface area contributed by atoms with E-state index in [1.807, 2.05) is 0 Å². The van der Waals surface area contributed by atoms with Gasteiger partial charge in [0.2, 0.25) is 0 Å². The van der Waals surface area contributed by atoms with Gasteiger partial charge in [-0.3, -0.25) is 9.69 Å². The molecule has 1 aromatic rings. The number of carbonyl (C=O) groups excluding carboxylic acids is 1. The molecule has 2 heterocycles. The first-order valence-electron chi connectivity index (χ1n) is 7.23. The van der Waals surface area contributed by atoms with Gasteiger partial charge in [0, 0.05) is 18.4 Å². The van der Waals surface area contributed by atoms with Crippen LogP contribution in [0.1, 0.15) is 36.0 Å². The van der Waals surface area contributed by atoms with Crippen molar-refractivity contribution >= 4 is 5.91 Å². The molecule has 2 fully saturated rings. The number of nitrogens with one attached hydrogen (secondary N) is 1. The van der Waals surface area contributed by atoms with Crippen LogP contribution in [0.4, 0.5) is 0 Å². The molecule has 0 bridgehead atoms. The molecule has 1 aliphatic carbocycles. The van der Waals surface area contributed by atoms with E-state index in [0.717, 1.165) is 25.9 Å². The van der Waals surface area contributed by atoms with Crippen LogP contribution in [0.5, 0.6) is 0 Å². The van der Waals surface area contributed by atoms with Crippen LogP contribution in [0, 0.1) is 0 Å². The SMILES string of the molecule is O=C(N[C@@H]1CC[C@@H](N2CCCC2)[C@@H]1O)c1cncnc1. The van der Waals surface area contributed by atoms with Crippen molar-refractivity contribution in [1.29, 1.82) is 0 Å². The van der Waals surface area contributed by atoms with Gasteiger partial charge in [0.25, 0.3) is 5.91 Å². The van der Waals surface area contributed by atoms with Crippen LogP contribution >= 0.6 is 0 Å². The normalized spacial score (nSPS) is 30.6. The van der Waals surface area contributed by atoms with Crippen LogP contribution in [-0.4, -0.2) is 57.2 Å². The maximum atomic E-state index is 12.1. The van der Waals surface area contributed by atoms with Crippen LogP contribution in [0.25, 0.3) is 0 Å². The molecule has 1 saturated heterocycles. The number of likely N-dealkylation sites (tertiary alicyclic amines) is 1. The van der Waals surface area contributed by atoms with E-state index in [9.17, 15) is 9.90 Å². The first-order chi connectivity index (χ1) is 9.75. The second-order valence-corrected chi connectivity index (χ2v) is 5.59. The maximum absolute atomic E-state index is 12.1. The number of aliphatic hydroxyl groups excluding tert-OH is 1. The summed E-state index contributed by atoms with van der Waals surface area (Å²) in [6.07, 6.45) is 8.07. The van der Waals surface area contributed by atoms with E-state index in [4.69, 9.17) is 0 Å². The van der Waals surface area contributed by atoms with E-state index in [-0.39, 0.29) is 18.0 Å². The number of amides is 1. The van der Waals surface area contributed by atoms with Crippen molar-refractivity contribution in [1.82, 2.24) is 20.2 Å². The lowest BCUT2D eigenvalue weighted by Crippen LogP contribution is -2.47. The molecule has 20 heavy (non-hydrogen) atoms. The van der Waals surface area contributed by atoms with E-state index in [2.05, 4.69) is 20.2 Å². The minimum Gasteiger partial charge on any atom is -0.389 e. The van der Waals surface area contributed by atoms with Gasteiger partial charge in [0.1, 0.15) is 6.33 Å². The Morgan fingerprint density at radius 1 is 1.25 bits per heavy atom. The Hall–Kier alpha value is -1.53. The molecule has 1 saturated carbocycles. The maximum Gasteiger partial charge on any atom is 0.254 e. The molecular weight excluding hydrogens is 256 g/mol. The first kappa shape index (κ1) is 13.5. The molecule has 3 rings (SSSR count). The monoisotopic (exact) mass is 276 g/mol. The first-order valence-corrected chi connectivity index (χ1v) is 7.23. The molecule has 2 N–H and O–H groups in total. The number of nitrogens with zero attached hydrogens (tertiary/aromatic N) is 3. The molecule has 0 unspecified atom stereocenters. The highest BCUT2D eigenvalue weighted by atomic mass is 16.3. The fourth-order valence-corrected chi connectivity index (χ4v) is 3.26. The van der Waals surface area contributed by atoms with Gasteiger partial charge < -0.3 is 10.4 Å². The van der Waals surface area contributed by atoms with E-state index in [0.29, 0.717) is 5.56 Å². The Balaban J connectivity index is 1.60. The van der Waals surface area contributed by atoms with Crippen molar-refractivity contribution in [2.24, 2.45) is 0 Å². The fraction of sp³-hybridized carbons (Fsp3) is 0.643. The molecule has 6 heteroatoms. The van der Waals surface area contributed by atoms with Gasteiger partial charge in [-0.05, 0) is 38.8 Å². The zero-order valence-corrected chi connectivity index (χ0v) is 11.4. The van der Waals surface area contributed by atoms with Crippen LogP contribution in [-0.2, 0) is 0 Å². The highest BCUT2D eigenvalue weighted by Crippen LogP contribution is 2.27. The van der Waals surface area contributed by atoms with Gasteiger partial charge in [-0.2, -0.15) is 0 Å². The second-order valence-electron chi connectivity index (χ2n) is 5.59. The summed E-state index contributed by atoms with van der Waals surface area (Å²) >= 11 is 0. The van der Waals surface area contributed by atoms with Crippen molar-refractivity contribution in [2.75, 3.05) is 13.1 Å². The standard InChI is InChI=1S/C14H20N4O2/c19-13-11(3-4-12(13)18-5-1-2-6-18)17-14(20)10-7-15-9-16-8-10/h7-9,11-13,19H,1-6H2,(H,17,20)/t11-,12-,13-/m1/s1. The predicted octanol–water partition coefficient (Wildman–Crippen LogP) is 0.194. The molecule has 1 aliphatic heterocycles. The molecule has 1 aromatic heterocycles. The zero-order chi connectivity index (χ0) is 13.9. The van der Waals surface area contributed by atoms with Crippen LogP contribution < -0.4 is 5.32 Å². The molecule has 0 aromatic carbocycles. The van der Waals surface area contributed by atoms with Crippen molar-refractivity contribution in [3.05, 3.63) is 24.3 Å². The fourth-order valence-electron chi connectivity index (χ4n) is 3.26. The minimum atomic E-state index is -0.485. The molecule has 1 amide bonds. The summed E-state index contributed by atoms with van der Waals surface area (Å²) in [5.74, 6) is -0.211. The summed E-state index contributed by atoms with van der Waals surface area (Å²) in [5.41, 5.74) is 0.435. The molecule has 6 nitrogen and oxygen atoms in total. The molecule has 3 atom stereocenters. The summed E-state index contributed by atoms with van der Waals surface area (Å²) in [5, 5.41) is 13.3. The van der Waals surface area contributed by atoms with Gasteiger partial charge in [-0.1, -0.05) is 0 Å². The highest BCUT2D eigenvalue weighted by molar-refractivity contribution is 5.93. The Kier molecular flexibility index (Phi) is 3.93. The molecule has 2 aliphatic rings. The predicted molar refractivity (Wildman–Crippen MR) is 73.1 cm³/mol. The number of aromatic nitrogens is 2. The number of carbonyl (C=O) groups is 1. The second kappa shape index (κ2) is 5.85. The molecule has 0 spiro atoms. The lowest BCUT2D eigenvalue weighted by Gasteiger charge is -2.28. The van der Waals surface area contributed by atoms with Crippen LogP contribution in [0.2, 0.25) is 0 Å². The smallest absolute Gasteiger partial charge is 0.254 e. The number of rotatable bonds is 3. The molecule has 108 valence electrons. The van der Waals surface area contributed by atoms with E-state index < -0.39 is 6.10 Å². The van der Waals surface area contributed by atoms with E-state index in [1.165, 1.54) is 31.6 Å². The highest BCUT2D eigenvalue weighted by Gasteiger charge is 2.39. The van der Waals surface area contributed by atoms with E-state index >= 15 is 0 Å². The largest absolute Gasteiger partial charge is 0.389 e. The van der Waals surface area contributed by atoms with E-state index in [1.54, 1.807) is 0 Å². The lowest BCUT2D eigenvalue weighted by molar-refractivity contribution is 0.0619. The minimum absolute atomic E-state index is 0.173. The Morgan fingerprint density at radius 3 is 2.65 bits per heavy atom. The Morgan fingerprint density at radius 2 is 1.95 bits per heavy atom. The van der Waals surface area contributed by atoms with Gasteiger partial charge in [0.05, 0.1) is 17.7 Å². The lowest BCUT2D eigenvalue weighted by atomic mass is 10.1. The summed E-state index contributed by atoms with van der Waals surface area (Å²) in [6, 6.07) is 0.0168. The average Bonchev–Trinajstić information content (AvgIpc) is 3.11. The summed E-state index contributed by atoms with van der Waals surface area (Å²) in [7, 11) is 0. The van der Waals surface area contributed by atoms with Gasteiger partial charge >= 0.3 is 0 Å². The van der Waals surface area contributed by atoms with Crippen molar-refractivity contribution < 1.29 is 9.90 Å². The Bertz CT molecular complexity index is 462. The Labute approximate surface area is 118 Å². The average molecular weight is 276 g/mol. The van der Waals surface area contributed by atoms with Gasteiger partial charge in [-0.15, -0.1) is 0 Å². The summed E-state index contributed by atoms with van der Waals surface area (Å²) in [4.78, 5) is 22.1. The number of hydrogen-bond acceptors (Lipinski definition) is 5. The van der Waals surface area contributed by atoms with Crippen LogP contribution in [0.3, 0.4) is 0 Å². The number of aliphatic hydroxyl groups is 1. The summed E-state index contributed by atoms with van der Waals surface area (Å²) in [6.45, 7) is 2.13.